The van der Waals surface area contributed by atoms with Crippen LogP contribution in [0.4, 0.5) is 4.79 Å². The molecule has 3 aromatic rings. The van der Waals surface area contributed by atoms with Crippen LogP contribution in [0.5, 0.6) is 17.2 Å². The van der Waals surface area contributed by atoms with Gasteiger partial charge in [-0.2, -0.15) is 0 Å². The molecule has 0 N–H and O–H groups in total. The van der Waals surface area contributed by atoms with Gasteiger partial charge in [-0.25, -0.2) is 4.79 Å². The average Bonchev–Trinajstić information content (AvgIpc) is 3.11. The number of benzene rings is 3. The van der Waals surface area contributed by atoms with Gasteiger partial charge >= 0.3 is 6.09 Å². The number of hydrogen-bond donors (Lipinski definition) is 0. The van der Waals surface area contributed by atoms with Crippen LogP contribution in [0.25, 0.3) is 21.5 Å². The lowest BCUT2D eigenvalue weighted by Gasteiger charge is -2.31. The molecule has 2 aliphatic rings. The first kappa shape index (κ1) is 17.0. The zero-order chi connectivity index (χ0) is 19.4. The highest BCUT2D eigenvalue weighted by Gasteiger charge is 2.38. The monoisotopic (exact) mass is 379 g/mol. The number of cyclic esters (lactones) is 1. The number of fused-ring (bicyclic) bond motifs is 7. The molecule has 6 heteroatoms. The van der Waals surface area contributed by atoms with E-state index in [1.807, 2.05) is 29.2 Å². The first-order valence-electron chi connectivity index (χ1n) is 9.25. The third kappa shape index (κ3) is 2.30. The molecule has 0 bridgehead atoms. The molecular formula is C22H21NO5. The summed E-state index contributed by atoms with van der Waals surface area (Å²) in [5.41, 5.74) is 2.40. The largest absolute Gasteiger partial charge is 0.497 e. The zero-order valence-corrected chi connectivity index (χ0v) is 16.1. The number of nitrogens with zero attached hydrogens (tertiary/aromatic N) is 1. The van der Waals surface area contributed by atoms with Gasteiger partial charge in [0.25, 0.3) is 0 Å². The fourth-order valence-electron chi connectivity index (χ4n) is 4.48. The van der Waals surface area contributed by atoms with Gasteiger partial charge in [0, 0.05) is 0 Å². The summed E-state index contributed by atoms with van der Waals surface area (Å²) in [6.45, 7) is 0.986. The Morgan fingerprint density at radius 1 is 0.893 bits per heavy atom. The Hall–Kier alpha value is -3.15. The standard InChI is InChI=1S/C22H21NO5/c1-25-13-4-5-14-16(7-13)18-9-21(27-3)20(26-2)8-17(18)15-6-12-11-28-22(24)23(12)10-19(14)15/h4-5,7-9,12H,6,10-11H2,1-3H3/t12-/m0/s1. The van der Waals surface area contributed by atoms with Gasteiger partial charge in [-0.05, 0) is 63.4 Å². The van der Waals surface area contributed by atoms with Gasteiger partial charge in [-0.3, -0.25) is 4.90 Å². The van der Waals surface area contributed by atoms with Gasteiger partial charge in [-0.15, -0.1) is 0 Å². The van der Waals surface area contributed by atoms with Crippen molar-refractivity contribution < 1.29 is 23.7 Å². The van der Waals surface area contributed by atoms with E-state index in [-0.39, 0.29) is 12.1 Å². The predicted octanol–water partition coefficient (Wildman–Crippen LogP) is 3.90. The van der Waals surface area contributed by atoms with Crippen LogP contribution in [-0.4, -0.2) is 45.0 Å². The molecule has 1 fully saturated rings. The highest BCUT2D eigenvalue weighted by atomic mass is 16.6. The maximum Gasteiger partial charge on any atom is 0.410 e. The molecule has 0 aliphatic carbocycles. The molecule has 2 aliphatic heterocycles. The van der Waals surface area contributed by atoms with E-state index in [9.17, 15) is 4.79 Å². The lowest BCUT2D eigenvalue weighted by Crippen LogP contribution is -2.38. The van der Waals surface area contributed by atoms with Crippen LogP contribution in [-0.2, 0) is 17.7 Å². The van der Waals surface area contributed by atoms with Gasteiger partial charge in [-0.1, -0.05) is 6.07 Å². The van der Waals surface area contributed by atoms with Crippen molar-refractivity contribution in [3.05, 3.63) is 41.5 Å². The number of methoxy groups -OCH3 is 3. The van der Waals surface area contributed by atoms with E-state index >= 15 is 0 Å². The minimum Gasteiger partial charge on any atom is -0.497 e. The summed E-state index contributed by atoms with van der Waals surface area (Å²) in [6.07, 6.45) is 0.527. The third-order valence-corrected chi connectivity index (χ3v) is 5.90. The van der Waals surface area contributed by atoms with E-state index in [0.717, 1.165) is 39.3 Å². The lowest BCUT2D eigenvalue weighted by atomic mass is 9.85. The van der Waals surface area contributed by atoms with Crippen molar-refractivity contribution in [2.24, 2.45) is 0 Å². The number of carbonyl (C=O) groups is 1. The fourth-order valence-corrected chi connectivity index (χ4v) is 4.48. The van der Waals surface area contributed by atoms with Crippen LogP contribution in [0.1, 0.15) is 11.1 Å². The van der Waals surface area contributed by atoms with Crippen molar-refractivity contribution in [2.75, 3.05) is 27.9 Å². The Kier molecular flexibility index (Phi) is 3.75. The Balaban J connectivity index is 1.88. The first-order chi connectivity index (χ1) is 13.6. The van der Waals surface area contributed by atoms with Crippen molar-refractivity contribution in [2.45, 2.75) is 19.0 Å². The Bertz CT molecular complexity index is 1120. The van der Waals surface area contributed by atoms with Crippen molar-refractivity contribution in [3.63, 3.8) is 0 Å². The van der Waals surface area contributed by atoms with Crippen molar-refractivity contribution in [1.29, 1.82) is 0 Å². The molecule has 6 nitrogen and oxygen atoms in total. The summed E-state index contributed by atoms with van der Waals surface area (Å²) in [7, 11) is 4.95. The second-order valence-corrected chi connectivity index (χ2v) is 7.18. The number of amides is 1. The van der Waals surface area contributed by atoms with Crippen LogP contribution < -0.4 is 14.2 Å². The molecule has 1 amide bonds. The Morgan fingerprint density at radius 2 is 1.61 bits per heavy atom. The second-order valence-electron chi connectivity index (χ2n) is 7.18. The van der Waals surface area contributed by atoms with E-state index in [0.29, 0.717) is 24.7 Å². The van der Waals surface area contributed by atoms with Gasteiger partial charge in [0.15, 0.2) is 11.5 Å². The van der Waals surface area contributed by atoms with Gasteiger partial charge in [0.1, 0.15) is 12.4 Å². The molecule has 2 heterocycles. The zero-order valence-electron chi connectivity index (χ0n) is 16.1. The summed E-state index contributed by atoms with van der Waals surface area (Å²) in [5, 5.41) is 4.39. The van der Waals surface area contributed by atoms with E-state index < -0.39 is 0 Å². The molecule has 3 aromatic carbocycles. The summed E-state index contributed by atoms with van der Waals surface area (Å²) >= 11 is 0. The van der Waals surface area contributed by atoms with Crippen LogP contribution in [0, 0.1) is 0 Å². The first-order valence-corrected chi connectivity index (χ1v) is 9.25. The number of carbonyl (C=O) groups excluding carboxylic acids is 1. The summed E-state index contributed by atoms with van der Waals surface area (Å²) in [6, 6.07) is 10.2. The van der Waals surface area contributed by atoms with Crippen molar-refractivity contribution in [1.82, 2.24) is 4.90 Å². The van der Waals surface area contributed by atoms with Crippen LogP contribution >= 0.6 is 0 Å². The fraction of sp³-hybridized carbons (Fsp3) is 0.318. The number of rotatable bonds is 3. The predicted molar refractivity (Wildman–Crippen MR) is 105 cm³/mol. The molecule has 5 rings (SSSR count). The van der Waals surface area contributed by atoms with Gasteiger partial charge in [0.05, 0.1) is 33.9 Å². The maximum atomic E-state index is 12.1. The van der Waals surface area contributed by atoms with E-state index in [1.165, 1.54) is 5.56 Å². The molecular weight excluding hydrogens is 358 g/mol. The minimum absolute atomic E-state index is 0.0759. The SMILES string of the molecule is COc1ccc2c3c(c4cc(OC)c(OC)cc4c2c1)C[C@H]1COC(=O)N1C3. The summed E-state index contributed by atoms with van der Waals surface area (Å²) in [4.78, 5) is 14.0. The van der Waals surface area contributed by atoms with E-state index in [2.05, 4.69) is 6.07 Å². The van der Waals surface area contributed by atoms with Gasteiger partial charge < -0.3 is 18.9 Å². The third-order valence-electron chi connectivity index (χ3n) is 5.90. The molecule has 0 unspecified atom stereocenters. The smallest absolute Gasteiger partial charge is 0.410 e. The van der Waals surface area contributed by atoms with Crippen molar-refractivity contribution in [3.8, 4) is 17.2 Å². The number of ether oxygens (including phenoxy) is 4. The molecule has 144 valence electrons. The molecule has 1 saturated heterocycles. The van der Waals surface area contributed by atoms with Crippen LogP contribution in [0.15, 0.2) is 30.3 Å². The molecule has 0 aromatic heterocycles. The minimum atomic E-state index is -0.232. The topological polar surface area (TPSA) is 57.2 Å². The molecule has 0 saturated carbocycles. The molecule has 1 atom stereocenters. The van der Waals surface area contributed by atoms with E-state index in [1.54, 1.807) is 21.3 Å². The highest BCUT2D eigenvalue weighted by molar-refractivity contribution is 6.12. The second kappa shape index (κ2) is 6.19. The quantitative estimate of drug-likeness (QED) is 0.646. The molecule has 0 spiro atoms. The highest BCUT2D eigenvalue weighted by Crippen LogP contribution is 2.43. The average molecular weight is 379 g/mol. The van der Waals surface area contributed by atoms with Crippen LogP contribution in [0.3, 0.4) is 0 Å². The lowest BCUT2D eigenvalue weighted by molar-refractivity contribution is 0.155. The molecule has 28 heavy (non-hydrogen) atoms. The maximum absolute atomic E-state index is 12.1. The Morgan fingerprint density at radius 3 is 2.32 bits per heavy atom. The normalized spacial score (nSPS) is 18.0. The van der Waals surface area contributed by atoms with Crippen LogP contribution in [0.2, 0.25) is 0 Å². The van der Waals surface area contributed by atoms with Gasteiger partial charge in [0.2, 0.25) is 0 Å². The molecule has 0 radical (unpaired) electrons. The summed E-state index contributed by atoms with van der Waals surface area (Å²) < 4.78 is 21.9. The number of hydrogen-bond acceptors (Lipinski definition) is 5. The Labute approximate surface area is 162 Å². The summed E-state index contributed by atoms with van der Waals surface area (Å²) in [5.74, 6) is 2.18. The van der Waals surface area contributed by atoms with Crippen molar-refractivity contribution >= 4 is 27.6 Å². The van der Waals surface area contributed by atoms with E-state index in [4.69, 9.17) is 18.9 Å².